The highest BCUT2D eigenvalue weighted by Gasteiger charge is 2.22. The van der Waals surface area contributed by atoms with Crippen molar-refractivity contribution in [1.82, 2.24) is 5.32 Å². The van der Waals surface area contributed by atoms with Crippen molar-refractivity contribution < 1.29 is 23.5 Å². The van der Waals surface area contributed by atoms with Gasteiger partial charge in [0.2, 0.25) is 0 Å². The first-order chi connectivity index (χ1) is 11.0. The Morgan fingerprint density at radius 1 is 1.13 bits per heavy atom. The van der Waals surface area contributed by atoms with Crippen molar-refractivity contribution in [2.45, 2.75) is 0 Å². The highest BCUT2D eigenvalue weighted by molar-refractivity contribution is 6.11. The third-order valence-electron chi connectivity index (χ3n) is 3.50. The predicted molar refractivity (Wildman–Crippen MR) is 82.0 cm³/mol. The maximum absolute atomic E-state index is 13.1. The van der Waals surface area contributed by atoms with Gasteiger partial charge in [-0.3, -0.25) is 4.79 Å². The molecule has 0 aliphatic rings. The normalized spacial score (nSPS) is 10.7. The number of furan rings is 1. The molecule has 6 heteroatoms. The van der Waals surface area contributed by atoms with Crippen molar-refractivity contribution >= 4 is 22.8 Å². The van der Waals surface area contributed by atoms with Crippen LogP contribution in [0.2, 0.25) is 0 Å². The van der Waals surface area contributed by atoms with Crippen LogP contribution in [-0.4, -0.2) is 24.0 Å². The summed E-state index contributed by atoms with van der Waals surface area (Å²) in [5.74, 6) is -1.60. The largest absolute Gasteiger partial charge is 0.478 e. The van der Waals surface area contributed by atoms with Gasteiger partial charge in [-0.25, -0.2) is 9.18 Å². The van der Waals surface area contributed by atoms with Crippen molar-refractivity contribution in [1.29, 1.82) is 0 Å². The van der Waals surface area contributed by atoms with Crippen molar-refractivity contribution in [3.05, 3.63) is 59.4 Å². The van der Waals surface area contributed by atoms with Gasteiger partial charge < -0.3 is 14.8 Å². The number of amides is 1. The summed E-state index contributed by atoms with van der Waals surface area (Å²) in [7, 11) is 1.49. The van der Waals surface area contributed by atoms with Crippen molar-refractivity contribution in [3.63, 3.8) is 0 Å². The summed E-state index contributed by atoms with van der Waals surface area (Å²) in [6.45, 7) is 0. The number of nitrogens with one attached hydrogen (secondary N) is 1. The average Bonchev–Trinajstić information content (AvgIpc) is 2.93. The highest BCUT2D eigenvalue weighted by atomic mass is 19.1. The van der Waals surface area contributed by atoms with Crippen LogP contribution in [0.25, 0.3) is 22.3 Å². The molecule has 0 fully saturated rings. The summed E-state index contributed by atoms with van der Waals surface area (Å²) in [6.07, 6.45) is 0. The molecule has 3 rings (SSSR count). The molecule has 116 valence electrons. The van der Waals surface area contributed by atoms with E-state index in [1.165, 1.54) is 49.5 Å². The fourth-order valence-corrected chi connectivity index (χ4v) is 2.38. The Morgan fingerprint density at radius 3 is 2.43 bits per heavy atom. The lowest BCUT2D eigenvalue weighted by molar-refractivity contribution is 0.0696. The van der Waals surface area contributed by atoms with Crippen molar-refractivity contribution in [3.8, 4) is 11.3 Å². The predicted octanol–water partition coefficient (Wildman–Crippen LogP) is 3.30. The van der Waals surface area contributed by atoms with Crippen LogP contribution in [0.15, 0.2) is 46.9 Å². The van der Waals surface area contributed by atoms with Gasteiger partial charge in [0.25, 0.3) is 5.91 Å². The molecule has 1 amide bonds. The van der Waals surface area contributed by atoms with Gasteiger partial charge in [-0.2, -0.15) is 0 Å². The van der Waals surface area contributed by atoms with E-state index in [9.17, 15) is 14.0 Å². The van der Waals surface area contributed by atoms with Crippen LogP contribution in [0.1, 0.15) is 20.7 Å². The minimum absolute atomic E-state index is 0.0559. The molecular weight excluding hydrogens is 301 g/mol. The maximum atomic E-state index is 13.1. The second-order valence-electron chi connectivity index (χ2n) is 4.91. The van der Waals surface area contributed by atoms with Gasteiger partial charge in [0.1, 0.15) is 17.2 Å². The monoisotopic (exact) mass is 313 g/mol. The second kappa shape index (κ2) is 5.57. The standard InChI is InChI=1S/C17H12FNO4/c1-19-16(20)14-12-7-4-10(17(21)22)8-13(12)23-15(14)9-2-5-11(18)6-3-9/h2-8H,1H3,(H,19,20)(H,21,22). The van der Waals surface area contributed by atoms with Crippen LogP contribution in [0, 0.1) is 5.82 Å². The summed E-state index contributed by atoms with van der Waals surface area (Å²) < 4.78 is 18.8. The van der Waals surface area contributed by atoms with Gasteiger partial charge in [-0.05, 0) is 42.5 Å². The molecule has 2 aromatic carbocycles. The number of carboxylic acid groups (broad SMARTS) is 1. The molecule has 3 aromatic rings. The minimum Gasteiger partial charge on any atom is -0.478 e. The van der Waals surface area contributed by atoms with Crippen LogP contribution in [0.3, 0.4) is 0 Å². The smallest absolute Gasteiger partial charge is 0.335 e. The van der Waals surface area contributed by atoms with E-state index in [0.717, 1.165) is 0 Å². The van der Waals surface area contributed by atoms with E-state index >= 15 is 0 Å². The van der Waals surface area contributed by atoms with Gasteiger partial charge in [-0.1, -0.05) is 0 Å². The number of benzene rings is 2. The molecule has 23 heavy (non-hydrogen) atoms. The lowest BCUT2D eigenvalue weighted by Crippen LogP contribution is -2.18. The van der Waals surface area contributed by atoms with Gasteiger partial charge in [0.15, 0.2) is 0 Å². The van der Waals surface area contributed by atoms with Crippen LogP contribution < -0.4 is 5.32 Å². The van der Waals surface area contributed by atoms with Crippen molar-refractivity contribution in [2.75, 3.05) is 7.05 Å². The van der Waals surface area contributed by atoms with Crippen molar-refractivity contribution in [2.24, 2.45) is 0 Å². The Balaban J connectivity index is 2.28. The van der Waals surface area contributed by atoms with E-state index < -0.39 is 11.8 Å². The zero-order valence-electron chi connectivity index (χ0n) is 12.1. The molecule has 0 spiro atoms. The van der Waals surface area contributed by atoms with Crippen LogP contribution >= 0.6 is 0 Å². The number of carboxylic acids is 1. The number of hydrogen-bond acceptors (Lipinski definition) is 3. The van der Waals surface area contributed by atoms with E-state index in [1.807, 2.05) is 0 Å². The van der Waals surface area contributed by atoms with Crippen LogP contribution in [0.5, 0.6) is 0 Å². The zero-order valence-corrected chi connectivity index (χ0v) is 12.1. The van der Waals surface area contributed by atoms with Gasteiger partial charge in [0.05, 0.1) is 11.1 Å². The third-order valence-corrected chi connectivity index (χ3v) is 3.50. The number of halogens is 1. The molecule has 0 aliphatic heterocycles. The molecule has 0 aliphatic carbocycles. The summed E-state index contributed by atoms with van der Waals surface area (Å²) in [5, 5.41) is 12.1. The maximum Gasteiger partial charge on any atom is 0.335 e. The summed E-state index contributed by atoms with van der Waals surface area (Å²) in [6, 6.07) is 9.81. The minimum atomic E-state index is -1.09. The first kappa shape index (κ1) is 14.8. The Morgan fingerprint density at radius 2 is 1.83 bits per heavy atom. The topological polar surface area (TPSA) is 79.5 Å². The average molecular weight is 313 g/mol. The highest BCUT2D eigenvalue weighted by Crippen LogP contribution is 2.34. The third kappa shape index (κ3) is 2.55. The molecule has 0 unspecified atom stereocenters. The second-order valence-corrected chi connectivity index (χ2v) is 4.91. The summed E-state index contributed by atoms with van der Waals surface area (Å²) in [4.78, 5) is 23.3. The fourth-order valence-electron chi connectivity index (χ4n) is 2.38. The van der Waals surface area contributed by atoms with Gasteiger partial charge in [0, 0.05) is 18.0 Å². The molecule has 2 N–H and O–H groups in total. The number of carbonyl (C=O) groups excluding carboxylic acids is 1. The lowest BCUT2D eigenvalue weighted by Gasteiger charge is -2.02. The first-order valence-corrected chi connectivity index (χ1v) is 6.79. The summed E-state index contributed by atoms with van der Waals surface area (Å²) in [5.41, 5.74) is 1.15. The van der Waals surface area contributed by atoms with Gasteiger partial charge >= 0.3 is 5.97 Å². The zero-order chi connectivity index (χ0) is 16.6. The number of hydrogen-bond donors (Lipinski definition) is 2. The SMILES string of the molecule is CNC(=O)c1c(-c2ccc(F)cc2)oc2cc(C(=O)O)ccc12. The molecule has 0 bridgehead atoms. The Kier molecular flexibility index (Phi) is 3.57. The van der Waals surface area contributed by atoms with E-state index in [2.05, 4.69) is 5.32 Å². The Bertz CT molecular complexity index is 912. The number of fused-ring (bicyclic) bond motifs is 1. The molecule has 0 atom stereocenters. The molecule has 1 aromatic heterocycles. The summed E-state index contributed by atoms with van der Waals surface area (Å²) >= 11 is 0. The van der Waals surface area contributed by atoms with Gasteiger partial charge in [-0.15, -0.1) is 0 Å². The molecule has 0 saturated carbocycles. The molecule has 5 nitrogen and oxygen atoms in total. The van der Waals surface area contributed by atoms with E-state index in [4.69, 9.17) is 9.52 Å². The van der Waals surface area contributed by atoms with E-state index in [0.29, 0.717) is 10.9 Å². The van der Waals surface area contributed by atoms with E-state index in [1.54, 1.807) is 0 Å². The lowest BCUT2D eigenvalue weighted by atomic mass is 10.0. The molecule has 0 radical (unpaired) electrons. The fraction of sp³-hybridized carbons (Fsp3) is 0.0588. The molecule has 0 saturated heterocycles. The van der Waals surface area contributed by atoms with E-state index in [-0.39, 0.29) is 28.4 Å². The Hall–Kier alpha value is -3.15. The number of carbonyl (C=O) groups is 2. The molecular formula is C17H12FNO4. The quantitative estimate of drug-likeness (QED) is 0.777. The number of aromatic carboxylic acids is 1. The van der Waals surface area contributed by atoms with Crippen LogP contribution in [-0.2, 0) is 0 Å². The van der Waals surface area contributed by atoms with Crippen LogP contribution in [0.4, 0.5) is 4.39 Å². The number of rotatable bonds is 3. The Labute approximate surface area is 130 Å². The first-order valence-electron chi connectivity index (χ1n) is 6.79. The molecule has 1 heterocycles.